The lowest BCUT2D eigenvalue weighted by Gasteiger charge is -2.33. The van der Waals surface area contributed by atoms with Crippen LogP contribution in [0, 0.1) is 11.0 Å². The number of nitrogen functional groups attached to an aromatic ring is 1. The molecular formula is C24H20F4N8O3. The van der Waals surface area contributed by atoms with Gasteiger partial charge in [0.1, 0.15) is 18.1 Å². The molecule has 15 heteroatoms. The zero-order valence-electron chi connectivity index (χ0n) is 20.4. The van der Waals surface area contributed by atoms with Crippen LogP contribution in [0.15, 0.2) is 59.4 Å². The van der Waals surface area contributed by atoms with Crippen molar-refractivity contribution in [1.29, 1.82) is 0 Å². The third-order valence-electron chi connectivity index (χ3n) is 5.68. The first-order valence-electron chi connectivity index (χ1n) is 11.3. The van der Waals surface area contributed by atoms with Crippen molar-refractivity contribution in [2.75, 3.05) is 25.1 Å². The zero-order valence-corrected chi connectivity index (χ0v) is 20.4. The fourth-order valence-corrected chi connectivity index (χ4v) is 3.92. The molecule has 5 rings (SSSR count). The van der Waals surface area contributed by atoms with Crippen molar-refractivity contribution in [1.82, 2.24) is 24.5 Å². The van der Waals surface area contributed by atoms with E-state index >= 15 is 4.39 Å². The number of hydrogen-bond acceptors (Lipinski definition) is 7. The molecule has 3 heterocycles. The van der Waals surface area contributed by atoms with E-state index < -0.39 is 33.9 Å². The second kappa shape index (κ2) is 9.21. The monoisotopic (exact) mass is 544 g/mol. The number of hydroxylamine groups is 3. The normalized spacial score (nSPS) is 12.3. The molecule has 0 radical (unpaired) electrons. The Morgan fingerprint density at radius 2 is 1.90 bits per heavy atom. The number of aromatic nitrogens is 5. The summed E-state index contributed by atoms with van der Waals surface area (Å²) < 4.78 is 62.2. The molecule has 5 aromatic rings. The molecule has 0 aliphatic rings. The van der Waals surface area contributed by atoms with Crippen molar-refractivity contribution in [2.45, 2.75) is 12.7 Å². The lowest BCUT2D eigenvalue weighted by Crippen LogP contribution is -2.32. The van der Waals surface area contributed by atoms with E-state index in [1.807, 2.05) is 0 Å². The summed E-state index contributed by atoms with van der Waals surface area (Å²) in [5.41, 5.74) is 4.31. The molecule has 0 aliphatic heterocycles. The number of quaternary nitrogens is 1. The summed E-state index contributed by atoms with van der Waals surface area (Å²) in [4.78, 5) is 17.2. The number of halogens is 4. The Hall–Kier alpha value is -4.76. The quantitative estimate of drug-likeness (QED) is 0.185. The molecule has 202 valence electrons. The van der Waals surface area contributed by atoms with Gasteiger partial charge >= 0.3 is 6.18 Å². The number of benzene rings is 2. The van der Waals surface area contributed by atoms with Crippen molar-refractivity contribution >= 4 is 28.4 Å². The Balaban J connectivity index is 1.48. The molecule has 0 unspecified atom stereocenters. The van der Waals surface area contributed by atoms with Gasteiger partial charge in [0, 0.05) is 30.2 Å². The van der Waals surface area contributed by atoms with Gasteiger partial charge in [-0.25, -0.2) is 14.1 Å². The smallest absolute Gasteiger partial charge is 0.435 e. The Bertz CT molecular complexity index is 1700. The molecule has 2 aromatic carbocycles. The van der Waals surface area contributed by atoms with Crippen molar-refractivity contribution in [3.63, 3.8) is 0 Å². The van der Waals surface area contributed by atoms with Gasteiger partial charge in [0.2, 0.25) is 0 Å². The first kappa shape index (κ1) is 25.9. The number of carbonyl (C=O) groups is 1. The van der Waals surface area contributed by atoms with E-state index in [0.29, 0.717) is 23.0 Å². The van der Waals surface area contributed by atoms with Crippen LogP contribution in [-0.2, 0) is 12.7 Å². The van der Waals surface area contributed by atoms with Gasteiger partial charge in [-0.1, -0.05) is 5.16 Å². The second-order valence-corrected chi connectivity index (χ2v) is 9.14. The second-order valence-electron chi connectivity index (χ2n) is 9.14. The number of nitrogens with one attached hydrogen (secondary N) is 1. The maximum Gasteiger partial charge on any atom is 0.435 e. The van der Waals surface area contributed by atoms with Gasteiger partial charge in [-0.15, -0.1) is 0 Å². The van der Waals surface area contributed by atoms with E-state index in [4.69, 9.17) is 10.3 Å². The first-order chi connectivity index (χ1) is 18.3. The lowest BCUT2D eigenvalue weighted by molar-refractivity contribution is -0.854. The number of anilines is 2. The topological polar surface area (TPSA) is 140 Å². The molecule has 3 N–H and O–H groups in total. The van der Waals surface area contributed by atoms with Gasteiger partial charge in [-0.05, 0) is 30.3 Å². The van der Waals surface area contributed by atoms with Crippen LogP contribution in [0.3, 0.4) is 0 Å². The maximum absolute atomic E-state index is 15.0. The van der Waals surface area contributed by atoms with Gasteiger partial charge in [-0.2, -0.15) is 18.3 Å². The number of alkyl halides is 3. The Morgan fingerprint density at radius 1 is 1.15 bits per heavy atom. The minimum absolute atomic E-state index is 0.00187. The lowest BCUT2D eigenvalue weighted by atomic mass is 10.2. The van der Waals surface area contributed by atoms with E-state index in [2.05, 4.69) is 20.6 Å². The molecule has 39 heavy (non-hydrogen) atoms. The molecule has 0 aliphatic carbocycles. The van der Waals surface area contributed by atoms with Crippen molar-refractivity contribution in [3.05, 3.63) is 83.1 Å². The highest BCUT2D eigenvalue weighted by molar-refractivity contribution is 6.04. The van der Waals surface area contributed by atoms with Gasteiger partial charge in [0.25, 0.3) is 5.91 Å². The van der Waals surface area contributed by atoms with Gasteiger partial charge in [0.15, 0.2) is 22.9 Å². The number of imidazole rings is 1. The third kappa shape index (κ3) is 5.17. The molecular weight excluding hydrogens is 524 g/mol. The van der Waals surface area contributed by atoms with Crippen LogP contribution in [0.1, 0.15) is 22.0 Å². The number of nitrogens with zero attached hydrogens (tertiary/aromatic N) is 6. The maximum atomic E-state index is 15.0. The number of amides is 1. The summed E-state index contributed by atoms with van der Waals surface area (Å²) in [5, 5.41) is 21.8. The van der Waals surface area contributed by atoms with Gasteiger partial charge < -0.3 is 25.4 Å². The number of rotatable bonds is 6. The fourth-order valence-electron chi connectivity index (χ4n) is 3.92. The van der Waals surface area contributed by atoms with Crippen LogP contribution in [0.4, 0.5) is 29.1 Å². The number of carbonyl (C=O) groups excluding carboxylic acids is 1. The van der Waals surface area contributed by atoms with Crippen LogP contribution in [0.5, 0.6) is 0 Å². The van der Waals surface area contributed by atoms with Gasteiger partial charge in [0.05, 0.1) is 30.9 Å². The van der Waals surface area contributed by atoms with E-state index in [1.165, 1.54) is 55.2 Å². The minimum Gasteiger partial charge on any atom is -0.633 e. The standard InChI is InChI=1S/C24H20F4N8O3/c1-36(2,38)12-21-30-7-8-34(21)13-3-5-17(16(25)10-13)31-23(37)18-11-20(24(26,27)28)32-35(18)14-4-6-19-15(9-14)22(29)33-39-19/h3-11H,12H2,1-2H3,(H2,29,33)(H,31,37). The summed E-state index contributed by atoms with van der Waals surface area (Å²) in [6.07, 6.45) is -1.84. The average molecular weight is 544 g/mol. The van der Waals surface area contributed by atoms with Crippen molar-refractivity contribution < 1.29 is 31.5 Å². The summed E-state index contributed by atoms with van der Waals surface area (Å²) in [6.45, 7) is 0.0188. The molecule has 0 spiro atoms. The van der Waals surface area contributed by atoms with E-state index in [9.17, 15) is 23.2 Å². The minimum atomic E-state index is -4.85. The first-order valence-corrected chi connectivity index (χ1v) is 11.3. The summed E-state index contributed by atoms with van der Waals surface area (Å²) >= 11 is 0. The van der Waals surface area contributed by atoms with E-state index in [1.54, 1.807) is 6.20 Å². The average Bonchev–Trinajstić information content (AvgIpc) is 3.58. The third-order valence-corrected chi connectivity index (χ3v) is 5.68. The van der Waals surface area contributed by atoms with Crippen LogP contribution in [-0.4, -0.2) is 49.1 Å². The van der Waals surface area contributed by atoms with E-state index in [0.717, 1.165) is 10.7 Å². The molecule has 0 saturated heterocycles. The molecule has 0 saturated carbocycles. The van der Waals surface area contributed by atoms with Crippen molar-refractivity contribution in [3.8, 4) is 11.4 Å². The van der Waals surface area contributed by atoms with Crippen LogP contribution < -0.4 is 11.1 Å². The highest BCUT2D eigenvalue weighted by Crippen LogP contribution is 2.31. The highest BCUT2D eigenvalue weighted by Gasteiger charge is 2.36. The highest BCUT2D eigenvalue weighted by atomic mass is 19.4. The molecule has 1 amide bonds. The molecule has 0 atom stereocenters. The Kier molecular flexibility index (Phi) is 6.11. The van der Waals surface area contributed by atoms with Crippen LogP contribution >= 0.6 is 0 Å². The number of nitrogens with two attached hydrogens (primary N) is 1. The SMILES string of the molecule is C[N+](C)([O-])Cc1nccn1-c1ccc(NC(=O)c2cc(C(F)(F)F)nn2-c2ccc3onc(N)c3c2)c(F)c1. The van der Waals surface area contributed by atoms with Crippen LogP contribution in [0.2, 0.25) is 0 Å². The molecule has 0 fully saturated rings. The summed E-state index contributed by atoms with van der Waals surface area (Å²) in [5.74, 6) is -1.52. The number of hydrogen-bond donors (Lipinski definition) is 2. The number of fused-ring (bicyclic) bond motifs is 1. The van der Waals surface area contributed by atoms with Crippen LogP contribution in [0.25, 0.3) is 22.3 Å². The molecule has 11 nitrogen and oxygen atoms in total. The fraction of sp³-hybridized carbons (Fsp3) is 0.167. The molecule has 0 bridgehead atoms. The van der Waals surface area contributed by atoms with Gasteiger partial charge in [-0.3, -0.25) is 9.36 Å². The summed E-state index contributed by atoms with van der Waals surface area (Å²) in [7, 11) is 2.87. The Morgan fingerprint density at radius 3 is 2.59 bits per heavy atom. The molecule has 3 aromatic heterocycles. The summed E-state index contributed by atoms with van der Waals surface area (Å²) in [6, 6.07) is 8.53. The Labute approximate surface area is 217 Å². The predicted molar refractivity (Wildman–Crippen MR) is 131 cm³/mol. The van der Waals surface area contributed by atoms with E-state index in [-0.39, 0.29) is 29.3 Å². The van der Waals surface area contributed by atoms with Crippen molar-refractivity contribution in [2.24, 2.45) is 0 Å². The predicted octanol–water partition coefficient (Wildman–Crippen LogP) is 4.27. The largest absolute Gasteiger partial charge is 0.633 e. The zero-order chi connectivity index (χ0) is 28.1.